The van der Waals surface area contributed by atoms with Gasteiger partial charge in [0.15, 0.2) is 0 Å². The van der Waals surface area contributed by atoms with Crippen LogP contribution in [0.25, 0.3) is 0 Å². The summed E-state index contributed by atoms with van der Waals surface area (Å²) in [7, 11) is 0. The summed E-state index contributed by atoms with van der Waals surface area (Å²) in [4.78, 5) is 13.4. The van der Waals surface area contributed by atoms with Crippen molar-refractivity contribution in [3.8, 4) is 0 Å². The van der Waals surface area contributed by atoms with Gasteiger partial charge in [0.2, 0.25) is 0 Å². The lowest BCUT2D eigenvalue weighted by Gasteiger charge is -2.26. The first-order valence-electron chi connectivity index (χ1n) is 5.90. The second-order valence-electron chi connectivity index (χ2n) is 4.95. The van der Waals surface area contributed by atoms with Gasteiger partial charge in [-0.25, -0.2) is 0 Å². The van der Waals surface area contributed by atoms with Crippen LogP contribution in [0.4, 0.5) is 0 Å². The normalized spacial score (nSPS) is 13.6. The zero-order chi connectivity index (χ0) is 12.7. The topological polar surface area (TPSA) is 49.8 Å². The van der Waals surface area contributed by atoms with E-state index in [1.165, 1.54) is 0 Å². The lowest BCUT2D eigenvalue weighted by atomic mass is 10.2. The molecule has 1 N–H and O–H groups in total. The summed E-state index contributed by atoms with van der Waals surface area (Å²) in [5.41, 5.74) is 0. The van der Waals surface area contributed by atoms with E-state index in [4.69, 9.17) is 4.74 Å². The SMILES string of the molecule is CC(C)COC(=O)CN(CC(C)O)C(C)C. The average Bonchev–Trinajstić information content (AvgIpc) is 2.12. The summed E-state index contributed by atoms with van der Waals surface area (Å²) in [6.07, 6.45) is -0.430. The molecule has 0 spiro atoms. The number of hydrogen-bond acceptors (Lipinski definition) is 4. The molecule has 0 aromatic rings. The molecule has 4 heteroatoms. The Morgan fingerprint density at radius 3 is 2.19 bits per heavy atom. The number of carbonyl (C=O) groups excluding carboxylic acids is 1. The second kappa shape index (κ2) is 7.63. The van der Waals surface area contributed by atoms with Gasteiger partial charge >= 0.3 is 5.97 Å². The Bertz CT molecular complexity index is 202. The summed E-state index contributed by atoms with van der Waals surface area (Å²) in [5.74, 6) is 0.135. The van der Waals surface area contributed by atoms with Crippen LogP contribution in [0, 0.1) is 5.92 Å². The maximum absolute atomic E-state index is 11.5. The monoisotopic (exact) mass is 231 g/mol. The van der Waals surface area contributed by atoms with E-state index < -0.39 is 6.10 Å². The zero-order valence-electron chi connectivity index (χ0n) is 11.1. The van der Waals surface area contributed by atoms with Gasteiger partial charge in [-0.2, -0.15) is 0 Å². The highest BCUT2D eigenvalue weighted by molar-refractivity contribution is 5.71. The Hall–Kier alpha value is -0.610. The van der Waals surface area contributed by atoms with Gasteiger partial charge in [0.25, 0.3) is 0 Å². The molecule has 0 saturated carbocycles. The van der Waals surface area contributed by atoms with E-state index in [9.17, 15) is 9.90 Å². The highest BCUT2D eigenvalue weighted by atomic mass is 16.5. The molecule has 1 atom stereocenters. The third-order valence-electron chi connectivity index (χ3n) is 2.14. The number of rotatable bonds is 7. The minimum Gasteiger partial charge on any atom is -0.464 e. The van der Waals surface area contributed by atoms with Crippen LogP contribution in [0.5, 0.6) is 0 Å². The fourth-order valence-corrected chi connectivity index (χ4v) is 1.27. The quantitative estimate of drug-likeness (QED) is 0.671. The third-order valence-corrected chi connectivity index (χ3v) is 2.14. The average molecular weight is 231 g/mol. The molecule has 0 heterocycles. The van der Waals surface area contributed by atoms with Crippen molar-refractivity contribution < 1.29 is 14.6 Å². The van der Waals surface area contributed by atoms with E-state index in [1.54, 1.807) is 6.92 Å². The van der Waals surface area contributed by atoms with Crippen molar-refractivity contribution in [2.24, 2.45) is 5.92 Å². The summed E-state index contributed by atoms with van der Waals surface area (Å²) >= 11 is 0. The molecule has 0 fully saturated rings. The predicted molar refractivity (Wildman–Crippen MR) is 64.2 cm³/mol. The minimum atomic E-state index is -0.430. The number of ether oxygens (including phenoxy) is 1. The number of nitrogens with zero attached hydrogens (tertiary/aromatic N) is 1. The van der Waals surface area contributed by atoms with Crippen molar-refractivity contribution in [3.63, 3.8) is 0 Å². The van der Waals surface area contributed by atoms with Gasteiger partial charge in [0.05, 0.1) is 19.3 Å². The van der Waals surface area contributed by atoms with Gasteiger partial charge in [0, 0.05) is 12.6 Å². The summed E-state index contributed by atoms with van der Waals surface area (Å²) in [6, 6.07) is 0.223. The molecule has 0 aromatic heterocycles. The predicted octanol–water partition coefficient (Wildman–Crippen LogP) is 1.28. The molecule has 1 unspecified atom stereocenters. The van der Waals surface area contributed by atoms with Crippen LogP contribution in [0.15, 0.2) is 0 Å². The van der Waals surface area contributed by atoms with Gasteiger partial charge in [-0.15, -0.1) is 0 Å². The summed E-state index contributed by atoms with van der Waals surface area (Å²) in [6.45, 7) is 10.9. The first-order chi connectivity index (χ1) is 7.32. The molecule has 0 aliphatic heterocycles. The van der Waals surface area contributed by atoms with E-state index in [-0.39, 0.29) is 18.6 Å². The smallest absolute Gasteiger partial charge is 0.320 e. The number of esters is 1. The Kier molecular flexibility index (Phi) is 7.34. The largest absolute Gasteiger partial charge is 0.464 e. The number of aliphatic hydroxyl groups is 1. The molecule has 0 bridgehead atoms. The molecule has 0 aliphatic carbocycles. The standard InChI is InChI=1S/C12H25NO3/c1-9(2)8-16-12(15)7-13(10(3)4)6-11(5)14/h9-11,14H,6-8H2,1-5H3. The van der Waals surface area contributed by atoms with Crippen LogP contribution < -0.4 is 0 Å². The first kappa shape index (κ1) is 15.4. The third kappa shape index (κ3) is 7.65. The Morgan fingerprint density at radius 2 is 1.81 bits per heavy atom. The first-order valence-corrected chi connectivity index (χ1v) is 5.90. The maximum Gasteiger partial charge on any atom is 0.320 e. The van der Waals surface area contributed by atoms with E-state index in [0.717, 1.165) is 0 Å². The van der Waals surface area contributed by atoms with E-state index in [1.807, 2.05) is 32.6 Å². The van der Waals surface area contributed by atoms with Gasteiger partial charge in [-0.05, 0) is 26.7 Å². The van der Waals surface area contributed by atoms with Crippen LogP contribution in [-0.4, -0.2) is 47.8 Å². The van der Waals surface area contributed by atoms with Crippen molar-refractivity contribution in [2.45, 2.75) is 46.8 Å². The van der Waals surface area contributed by atoms with Crippen molar-refractivity contribution in [1.29, 1.82) is 0 Å². The van der Waals surface area contributed by atoms with E-state index >= 15 is 0 Å². The lowest BCUT2D eigenvalue weighted by molar-refractivity contribution is -0.146. The molecule has 0 radical (unpaired) electrons. The Labute approximate surface area is 98.6 Å². The van der Waals surface area contributed by atoms with Crippen molar-refractivity contribution in [1.82, 2.24) is 4.90 Å². The maximum atomic E-state index is 11.5. The van der Waals surface area contributed by atoms with Crippen molar-refractivity contribution >= 4 is 5.97 Å². The molecular formula is C12H25NO3. The summed E-state index contributed by atoms with van der Waals surface area (Å²) in [5, 5.41) is 9.31. The lowest BCUT2D eigenvalue weighted by Crippen LogP contribution is -2.40. The van der Waals surface area contributed by atoms with E-state index in [0.29, 0.717) is 19.1 Å². The minimum absolute atomic E-state index is 0.219. The highest BCUT2D eigenvalue weighted by Gasteiger charge is 2.16. The molecule has 96 valence electrons. The second-order valence-corrected chi connectivity index (χ2v) is 4.95. The van der Waals surface area contributed by atoms with Gasteiger partial charge in [-0.1, -0.05) is 13.8 Å². The Balaban J connectivity index is 4.03. The number of aliphatic hydroxyl groups excluding tert-OH is 1. The van der Waals surface area contributed by atoms with E-state index in [2.05, 4.69) is 0 Å². The van der Waals surface area contributed by atoms with Crippen LogP contribution in [0.2, 0.25) is 0 Å². The fraction of sp³-hybridized carbons (Fsp3) is 0.917. The molecular weight excluding hydrogens is 206 g/mol. The van der Waals surface area contributed by atoms with Crippen LogP contribution in [0.1, 0.15) is 34.6 Å². The molecule has 0 aromatic carbocycles. The van der Waals surface area contributed by atoms with Crippen LogP contribution >= 0.6 is 0 Å². The van der Waals surface area contributed by atoms with Crippen molar-refractivity contribution in [3.05, 3.63) is 0 Å². The highest BCUT2D eigenvalue weighted by Crippen LogP contribution is 2.01. The van der Waals surface area contributed by atoms with Crippen LogP contribution in [0.3, 0.4) is 0 Å². The van der Waals surface area contributed by atoms with Crippen LogP contribution in [-0.2, 0) is 9.53 Å². The molecule has 0 aliphatic rings. The molecule has 16 heavy (non-hydrogen) atoms. The molecule has 0 rings (SSSR count). The fourth-order valence-electron chi connectivity index (χ4n) is 1.27. The Morgan fingerprint density at radius 1 is 1.25 bits per heavy atom. The molecule has 4 nitrogen and oxygen atoms in total. The number of hydrogen-bond donors (Lipinski definition) is 1. The van der Waals surface area contributed by atoms with Gasteiger partial charge in [-0.3, -0.25) is 9.69 Å². The van der Waals surface area contributed by atoms with Gasteiger partial charge in [0.1, 0.15) is 0 Å². The molecule has 0 amide bonds. The zero-order valence-corrected chi connectivity index (χ0v) is 11.1. The number of carbonyl (C=O) groups is 1. The van der Waals surface area contributed by atoms with Crippen molar-refractivity contribution in [2.75, 3.05) is 19.7 Å². The summed E-state index contributed by atoms with van der Waals surface area (Å²) < 4.78 is 5.10. The van der Waals surface area contributed by atoms with Gasteiger partial charge < -0.3 is 9.84 Å². The molecule has 0 saturated heterocycles.